The van der Waals surface area contributed by atoms with Crippen molar-refractivity contribution >= 4 is 23.4 Å². The summed E-state index contributed by atoms with van der Waals surface area (Å²) in [6.45, 7) is 0. The van der Waals surface area contributed by atoms with E-state index in [4.69, 9.17) is 22.1 Å². The van der Waals surface area contributed by atoms with E-state index in [0.29, 0.717) is 16.9 Å². The highest BCUT2D eigenvalue weighted by Gasteiger charge is 2.33. The lowest BCUT2D eigenvalue weighted by Gasteiger charge is -2.32. The second-order valence-corrected chi connectivity index (χ2v) is 5.22. The molecule has 1 saturated carbocycles. The van der Waals surface area contributed by atoms with Gasteiger partial charge in [-0.05, 0) is 12.8 Å². The Hall–Kier alpha value is -1.53. The predicted octanol–water partition coefficient (Wildman–Crippen LogP) is 1.48. The van der Waals surface area contributed by atoms with Crippen LogP contribution in [0.2, 0.25) is 0 Å². The number of aliphatic imine (C=N–C) groups is 1. The molecule has 0 aromatic carbocycles. The molecule has 0 radical (unpaired) electrons. The van der Waals surface area contributed by atoms with Gasteiger partial charge in [-0.15, -0.1) is 0 Å². The van der Waals surface area contributed by atoms with Gasteiger partial charge in [0.1, 0.15) is 5.82 Å². The number of ether oxygens (including phenoxy) is 1. The zero-order valence-corrected chi connectivity index (χ0v) is 11.6. The van der Waals surface area contributed by atoms with E-state index in [1.807, 2.05) is 13.1 Å². The van der Waals surface area contributed by atoms with E-state index in [1.54, 1.807) is 16.7 Å². The van der Waals surface area contributed by atoms with Crippen molar-refractivity contribution in [3.05, 3.63) is 23.0 Å². The number of hydrogen-bond donors (Lipinski definition) is 1. The van der Waals surface area contributed by atoms with Crippen LogP contribution in [-0.4, -0.2) is 29.1 Å². The van der Waals surface area contributed by atoms with Gasteiger partial charge >= 0.3 is 0 Å². The highest BCUT2D eigenvalue weighted by molar-refractivity contribution is 6.31. The minimum absolute atomic E-state index is 0.349. The van der Waals surface area contributed by atoms with Gasteiger partial charge in [0.15, 0.2) is 6.23 Å². The maximum absolute atomic E-state index is 6.13. The van der Waals surface area contributed by atoms with Crippen LogP contribution in [0.3, 0.4) is 0 Å². The lowest BCUT2D eigenvalue weighted by molar-refractivity contribution is 0.142. The molecule has 3 rings (SSSR count). The number of rotatable bonds is 3. The molecule has 19 heavy (non-hydrogen) atoms. The number of anilines is 1. The van der Waals surface area contributed by atoms with E-state index in [1.165, 1.54) is 19.0 Å². The molecule has 2 aliphatic rings. The Morgan fingerprint density at radius 2 is 2.21 bits per heavy atom. The summed E-state index contributed by atoms with van der Waals surface area (Å²) in [5, 5.41) is 5.01. The molecule has 1 aromatic heterocycles. The van der Waals surface area contributed by atoms with Gasteiger partial charge in [0, 0.05) is 32.3 Å². The van der Waals surface area contributed by atoms with Crippen molar-refractivity contribution in [3.8, 4) is 0 Å². The minimum Gasteiger partial charge on any atom is -0.369 e. The van der Waals surface area contributed by atoms with E-state index >= 15 is 0 Å². The van der Waals surface area contributed by atoms with Gasteiger partial charge in [0.2, 0.25) is 5.96 Å². The summed E-state index contributed by atoms with van der Waals surface area (Å²) in [5.74, 6) is 1.76. The first-order valence-electron chi connectivity index (χ1n) is 6.16. The number of halogens is 1. The molecule has 1 atom stereocenters. The lowest BCUT2D eigenvalue weighted by atomic mass is 10.3. The van der Waals surface area contributed by atoms with Gasteiger partial charge in [0.25, 0.3) is 0 Å². The first-order chi connectivity index (χ1) is 9.11. The van der Waals surface area contributed by atoms with E-state index < -0.39 is 6.23 Å². The quantitative estimate of drug-likeness (QED) is 0.911. The SMILES string of the molecule is COC1C(Cl)=CN=C(N)N1c1cc(C2CC2)nn1C. The smallest absolute Gasteiger partial charge is 0.204 e. The van der Waals surface area contributed by atoms with Gasteiger partial charge in [-0.2, -0.15) is 5.10 Å². The molecule has 102 valence electrons. The molecular formula is C12H16ClN5O. The minimum atomic E-state index is -0.457. The lowest BCUT2D eigenvalue weighted by Crippen LogP contribution is -2.48. The molecule has 0 amide bonds. The highest BCUT2D eigenvalue weighted by Crippen LogP contribution is 2.40. The monoisotopic (exact) mass is 281 g/mol. The third kappa shape index (κ3) is 2.11. The number of nitrogens with zero attached hydrogens (tertiary/aromatic N) is 4. The van der Waals surface area contributed by atoms with Crippen molar-refractivity contribution in [3.63, 3.8) is 0 Å². The molecular weight excluding hydrogens is 266 g/mol. The van der Waals surface area contributed by atoms with Crippen LogP contribution in [-0.2, 0) is 11.8 Å². The van der Waals surface area contributed by atoms with Crippen LogP contribution >= 0.6 is 11.6 Å². The van der Waals surface area contributed by atoms with Gasteiger partial charge in [-0.3, -0.25) is 9.58 Å². The van der Waals surface area contributed by atoms with Crippen molar-refractivity contribution < 1.29 is 4.74 Å². The summed E-state index contributed by atoms with van der Waals surface area (Å²) in [7, 11) is 3.47. The Morgan fingerprint density at radius 3 is 2.84 bits per heavy atom. The Bertz CT molecular complexity index is 560. The predicted molar refractivity (Wildman–Crippen MR) is 74.0 cm³/mol. The summed E-state index contributed by atoms with van der Waals surface area (Å²) in [6, 6.07) is 2.03. The van der Waals surface area contributed by atoms with Crippen molar-refractivity contribution in [1.29, 1.82) is 0 Å². The Labute approximate surface area is 116 Å². The molecule has 1 aliphatic heterocycles. The average molecular weight is 282 g/mol. The molecule has 2 N–H and O–H groups in total. The third-order valence-corrected chi connectivity index (χ3v) is 3.66. The standard InChI is InChI=1S/C12H16ClN5O/c1-17-10(5-9(16-17)7-3-4-7)18-11(19-2)8(13)6-15-12(18)14/h5-7,11H,3-4H2,1-2H3,(H2,14,15). The van der Waals surface area contributed by atoms with Crippen LogP contribution in [0.1, 0.15) is 24.5 Å². The topological polar surface area (TPSA) is 68.7 Å². The van der Waals surface area contributed by atoms with Gasteiger partial charge in [-0.25, -0.2) is 4.99 Å². The summed E-state index contributed by atoms with van der Waals surface area (Å²) in [4.78, 5) is 5.83. The number of nitrogens with two attached hydrogens (primary N) is 1. The average Bonchev–Trinajstić information content (AvgIpc) is 3.16. The van der Waals surface area contributed by atoms with E-state index in [-0.39, 0.29) is 0 Å². The largest absolute Gasteiger partial charge is 0.369 e. The number of methoxy groups -OCH3 is 1. The maximum Gasteiger partial charge on any atom is 0.204 e. The second kappa shape index (κ2) is 4.54. The number of hydrogen-bond acceptors (Lipinski definition) is 5. The fraction of sp³-hybridized carbons (Fsp3) is 0.500. The Balaban J connectivity index is 1.99. The maximum atomic E-state index is 6.13. The Morgan fingerprint density at radius 1 is 1.47 bits per heavy atom. The molecule has 7 heteroatoms. The van der Waals surface area contributed by atoms with Gasteiger partial charge in [-0.1, -0.05) is 11.6 Å². The van der Waals surface area contributed by atoms with Crippen molar-refractivity contribution in [2.75, 3.05) is 12.0 Å². The molecule has 0 saturated heterocycles. The fourth-order valence-corrected chi connectivity index (χ4v) is 2.47. The van der Waals surface area contributed by atoms with Crippen LogP contribution in [0.4, 0.5) is 5.82 Å². The molecule has 1 aromatic rings. The van der Waals surface area contributed by atoms with Gasteiger partial charge in [0.05, 0.1) is 10.7 Å². The fourth-order valence-electron chi connectivity index (χ4n) is 2.24. The number of aryl methyl sites for hydroxylation is 1. The molecule has 1 unspecified atom stereocenters. The van der Waals surface area contributed by atoms with Crippen LogP contribution in [0.15, 0.2) is 22.3 Å². The molecule has 0 spiro atoms. The van der Waals surface area contributed by atoms with Crippen molar-refractivity contribution in [1.82, 2.24) is 9.78 Å². The van der Waals surface area contributed by atoms with Gasteiger partial charge < -0.3 is 10.5 Å². The number of aromatic nitrogens is 2. The second-order valence-electron chi connectivity index (χ2n) is 4.78. The summed E-state index contributed by atoms with van der Waals surface area (Å²) in [6.07, 6.45) is 3.46. The van der Waals surface area contributed by atoms with Crippen LogP contribution in [0.25, 0.3) is 0 Å². The third-order valence-electron chi connectivity index (χ3n) is 3.38. The van der Waals surface area contributed by atoms with E-state index in [0.717, 1.165) is 11.5 Å². The Kier molecular flexibility index (Phi) is 2.99. The number of guanidine groups is 1. The molecule has 1 aliphatic carbocycles. The zero-order chi connectivity index (χ0) is 13.6. The van der Waals surface area contributed by atoms with E-state index in [9.17, 15) is 0 Å². The zero-order valence-electron chi connectivity index (χ0n) is 10.9. The highest BCUT2D eigenvalue weighted by atomic mass is 35.5. The molecule has 6 nitrogen and oxygen atoms in total. The van der Waals surface area contributed by atoms with Crippen LogP contribution in [0.5, 0.6) is 0 Å². The summed E-state index contributed by atoms with van der Waals surface area (Å²) in [5.41, 5.74) is 7.05. The van der Waals surface area contributed by atoms with E-state index in [2.05, 4.69) is 10.1 Å². The normalized spacial score (nSPS) is 23.3. The van der Waals surface area contributed by atoms with Crippen molar-refractivity contribution in [2.45, 2.75) is 25.0 Å². The molecule has 2 heterocycles. The molecule has 1 fully saturated rings. The van der Waals surface area contributed by atoms with Crippen LogP contribution < -0.4 is 10.6 Å². The van der Waals surface area contributed by atoms with Crippen LogP contribution in [0, 0.1) is 0 Å². The first-order valence-corrected chi connectivity index (χ1v) is 6.54. The first kappa shape index (κ1) is 12.5. The van der Waals surface area contributed by atoms with Crippen molar-refractivity contribution in [2.24, 2.45) is 17.8 Å². The summed E-state index contributed by atoms with van der Waals surface area (Å²) < 4.78 is 7.19. The molecule has 0 bridgehead atoms. The summed E-state index contributed by atoms with van der Waals surface area (Å²) >= 11 is 6.13.